The van der Waals surface area contributed by atoms with Crippen LogP contribution in [0.15, 0.2) is 18.2 Å². The molecule has 2 N–H and O–H groups in total. The average Bonchev–Trinajstić information content (AvgIpc) is 2.10. The molecule has 1 aromatic carbocycles. The molecular weight excluding hydrogens is 173 g/mol. The molecule has 0 unspecified atom stereocenters. The Labute approximate surface area is 75.2 Å². The number of likely N-dealkylation sites (N-methyl/N-ethyl adjacent to an activating group) is 1. The lowest BCUT2D eigenvalue weighted by molar-refractivity contribution is 0.0993. The number of carbonyl (C=O) groups is 1. The fourth-order valence-electron chi connectivity index (χ4n) is 0.943. The number of halogens is 1. The zero-order valence-electron chi connectivity index (χ0n) is 7.17. The highest BCUT2D eigenvalue weighted by atomic mass is 19.1. The number of Topliss-reactive ketones (excluding diaryl/α,β-unsaturated/α-hetero) is 1. The van der Waals surface area contributed by atoms with Crippen molar-refractivity contribution in [2.24, 2.45) is 0 Å². The van der Waals surface area contributed by atoms with E-state index in [4.69, 9.17) is 5.11 Å². The molecule has 4 heteroatoms. The smallest absolute Gasteiger partial charge is 0.176 e. The number of aromatic hydroxyl groups is 1. The van der Waals surface area contributed by atoms with Gasteiger partial charge in [-0.3, -0.25) is 4.79 Å². The van der Waals surface area contributed by atoms with Crippen molar-refractivity contribution in [2.75, 3.05) is 13.6 Å². The van der Waals surface area contributed by atoms with Crippen LogP contribution < -0.4 is 5.32 Å². The highest BCUT2D eigenvalue weighted by Gasteiger charge is 2.07. The van der Waals surface area contributed by atoms with Gasteiger partial charge in [0, 0.05) is 5.56 Å². The third kappa shape index (κ3) is 2.26. The molecule has 0 aliphatic heterocycles. The zero-order valence-corrected chi connectivity index (χ0v) is 7.17. The number of hydrogen-bond acceptors (Lipinski definition) is 3. The molecular formula is C9H10FNO2. The third-order valence-corrected chi connectivity index (χ3v) is 1.61. The maximum Gasteiger partial charge on any atom is 0.176 e. The van der Waals surface area contributed by atoms with Crippen molar-refractivity contribution in [1.82, 2.24) is 5.32 Å². The molecule has 1 rings (SSSR count). The monoisotopic (exact) mass is 183 g/mol. The highest BCUT2D eigenvalue weighted by Crippen LogP contribution is 2.16. The number of nitrogens with one attached hydrogen (secondary N) is 1. The second kappa shape index (κ2) is 4.00. The topological polar surface area (TPSA) is 49.3 Å². The molecule has 0 radical (unpaired) electrons. The fraction of sp³-hybridized carbons (Fsp3) is 0.222. The molecule has 0 atom stereocenters. The van der Waals surface area contributed by atoms with Crippen LogP contribution in [-0.4, -0.2) is 24.5 Å². The van der Waals surface area contributed by atoms with Crippen LogP contribution in [0.2, 0.25) is 0 Å². The molecule has 0 saturated carbocycles. The van der Waals surface area contributed by atoms with Crippen molar-refractivity contribution in [3.05, 3.63) is 29.6 Å². The van der Waals surface area contributed by atoms with E-state index in [1.165, 1.54) is 6.07 Å². The molecule has 13 heavy (non-hydrogen) atoms. The molecule has 0 amide bonds. The lowest BCUT2D eigenvalue weighted by atomic mass is 10.1. The first kappa shape index (κ1) is 9.67. The van der Waals surface area contributed by atoms with E-state index < -0.39 is 11.6 Å². The molecule has 0 bridgehead atoms. The van der Waals surface area contributed by atoms with Crippen LogP contribution in [0.25, 0.3) is 0 Å². The standard InChI is InChI=1S/C9H10FNO2/c1-11-5-9(13)6-2-3-8(12)7(10)4-6/h2-4,11-12H,5H2,1H3. The number of ketones is 1. The highest BCUT2D eigenvalue weighted by molar-refractivity contribution is 5.97. The summed E-state index contributed by atoms with van der Waals surface area (Å²) in [6.45, 7) is 0.157. The van der Waals surface area contributed by atoms with Gasteiger partial charge in [-0.2, -0.15) is 0 Å². The fourth-order valence-corrected chi connectivity index (χ4v) is 0.943. The van der Waals surface area contributed by atoms with Gasteiger partial charge < -0.3 is 10.4 Å². The maximum atomic E-state index is 12.8. The maximum absolute atomic E-state index is 12.8. The molecule has 0 saturated heterocycles. The number of carbonyl (C=O) groups excluding carboxylic acids is 1. The molecule has 1 aromatic rings. The summed E-state index contributed by atoms with van der Waals surface area (Å²) in [4.78, 5) is 11.2. The number of phenolic OH excluding ortho intramolecular Hbond substituents is 1. The van der Waals surface area contributed by atoms with Crippen LogP contribution in [0.5, 0.6) is 5.75 Å². The van der Waals surface area contributed by atoms with E-state index in [1.54, 1.807) is 7.05 Å². The normalized spacial score (nSPS) is 10.0. The van der Waals surface area contributed by atoms with Gasteiger partial charge in [0.2, 0.25) is 0 Å². The van der Waals surface area contributed by atoms with Gasteiger partial charge in [-0.05, 0) is 25.2 Å². The van der Waals surface area contributed by atoms with Gasteiger partial charge in [0.05, 0.1) is 6.54 Å². The third-order valence-electron chi connectivity index (χ3n) is 1.61. The van der Waals surface area contributed by atoms with Crippen LogP contribution in [0.1, 0.15) is 10.4 Å². The van der Waals surface area contributed by atoms with Gasteiger partial charge in [0.25, 0.3) is 0 Å². The summed E-state index contributed by atoms with van der Waals surface area (Å²) in [5.74, 6) is -1.43. The van der Waals surface area contributed by atoms with Crippen LogP contribution in [-0.2, 0) is 0 Å². The Bertz CT molecular complexity index is 325. The van der Waals surface area contributed by atoms with E-state index in [0.29, 0.717) is 0 Å². The predicted molar refractivity (Wildman–Crippen MR) is 46.3 cm³/mol. The Kier molecular flexibility index (Phi) is 2.97. The van der Waals surface area contributed by atoms with E-state index in [9.17, 15) is 9.18 Å². The average molecular weight is 183 g/mol. The number of rotatable bonds is 3. The first-order valence-corrected chi connectivity index (χ1v) is 3.81. The van der Waals surface area contributed by atoms with Gasteiger partial charge in [0.15, 0.2) is 17.3 Å². The summed E-state index contributed by atoms with van der Waals surface area (Å²) in [6, 6.07) is 3.57. The summed E-state index contributed by atoms with van der Waals surface area (Å²) in [7, 11) is 1.63. The Balaban J connectivity index is 2.90. The minimum atomic E-state index is -0.776. The SMILES string of the molecule is CNCC(=O)c1ccc(O)c(F)c1. The minimum absolute atomic E-state index is 0.157. The number of phenols is 1. The van der Waals surface area contributed by atoms with Gasteiger partial charge in [-0.15, -0.1) is 0 Å². The quantitative estimate of drug-likeness (QED) is 0.685. The van der Waals surface area contributed by atoms with Gasteiger partial charge in [0.1, 0.15) is 0 Å². The molecule has 0 aromatic heterocycles. The Morgan fingerprint density at radius 3 is 2.85 bits per heavy atom. The first-order valence-electron chi connectivity index (χ1n) is 3.81. The van der Waals surface area contributed by atoms with E-state index in [1.807, 2.05) is 0 Å². The molecule has 0 spiro atoms. The summed E-state index contributed by atoms with van der Waals surface area (Å²) >= 11 is 0. The molecule has 0 heterocycles. The van der Waals surface area contributed by atoms with E-state index >= 15 is 0 Å². The van der Waals surface area contributed by atoms with Crippen molar-refractivity contribution in [3.8, 4) is 5.75 Å². The lowest BCUT2D eigenvalue weighted by Gasteiger charge is -2.00. The van der Waals surface area contributed by atoms with Crippen LogP contribution >= 0.6 is 0 Å². The van der Waals surface area contributed by atoms with Crippen molar-refractivity contribution in [2.45, 2.75) is 0 Å². The van der Waals surface area contributed by atoms with Crippen LogP contribution in [0.4, 0.5) is 4.39 Å². The zero-order chi connectivity index (χ0) is 9.84. The largest absolute Gasteiger partial charge is 0.505 e. The van der Waals surface area contributed by atoms with Crippen molar-refractivity contribution >= 4 is 5.78 Å². The second-order valence-electron chi connectivity index (χ2n) is 2.62. The molecule has 0 fully saturated rings. The van der Waals surface area contributed by atoms with Crippen molar-refractivity contribution in [3.63, 3.8) is 0 Å². The summed E-state index contributed by atoms with van der Waals surface area (Å²) in [5, 5.41) is 11.5. The molecule has 0 aliphatic rings. The van der Waals surface area contributed by atoms with Crippen molar-refractivity contribution in [1.29, 1.82) is 0 Å². The lowest BCUT2D eigenvalue weighted by Crippen LogP contribution is -2.18. The van der Waals surface area contributed by atoms with E-state index in [2.05, 4.69) is 5.32 Å². The Hall–Kier alpha value is -1.42. The number of hydrogen-bond donors (Lipinski definition) is 2. The Morgan fingerprint density at radius 2 is 2.31 bits per heavy atom. The van der Waals surface area contributed by atoms with E-state index in [-0.39, 0.29) is 17.9 Å². The van der Waals surface area contributed by atoms with E-state index in [0.717, 1.165) is 12.1 Å². The summed E-state index contributed by atoms with van der Waals surface area (Å²) in [6.07, 6.45) is 0. The predicted octanol–water partition coefficient (Wildman–Crippen LogP) is 0.933. The van der Waals surface area contributed by atoms with Gasteiger partial charge >= 0.3 is 0 Å². The van der Waals surface area contributed by atoms with Crippen LogP contribution in [0, 0.1) is 5.82 Å². The minimum Gasteiger partial charge on any atom is -0.505 e. The summed E-state index contributed by atoms with van der Waals surface area (Å²) in [5.41, 5.74) is 0.254. The van der Waals surface area contributed by atoms with Gasteiger partial charge in [-0.25, -0.2) is 4.39 Å². The van der Waals surface area contributed by atoms with Crippen LogP contribution in [0.3, 0.4) is 0 Å². The molecule has 3 nitrogen and oxygen atoms in total. The Morgan fingerprint density at radius 1 is 1.62 bits per heavy atom. The first-order chi connectivity index (χ1) is 6.15. The number of benzene rings is 1. The second-order valence-corrected chi connectivity index (χ2v) is 2.62. The van der Waals surface area contributed by atoms with Gasteiger partial charge in [-0.1, -0.05) is 0 Å². The summed E-state index contributed by atoms with van der Waals surface area (Å²) < 4.78 is 12.8. The molecule has 70 valence electrons. The van der Waals surface area contributed by atoms with Crippen molar-refractivity contribution < 1.29 is 14.3 Å². The molecule has 0 aliphatic carbocycles.